The third-order valence-electron chi connectivity index (χ3n) is 3.76. The average Bonchev–Trinajstić information content (AvgIpc) is 3.17. The van der Waals surface area contributed by atoms with Crippen molar-refractivity contribution in [2.75, 3.05) is 0 Å². The van der Waals surface area contributed by atoms with Crippen LogP contribution in [0.1, 0.15) is 5.56 Å². The monoisotopic (exact) mass is 290 g/mol. The normalized spacial score (nSPS) is 11.2. The summed E-state index contributed by atoms with van der Waals surface area (Å²) < 4.78 is 3.70. The third kappa shape index (κ3) is 1.96. The first kappa shape index (κ1) is 12.7. The van der Waals surface area contributed by atoms with Gasteiger partial charge in [0, 0.05) is 12.4 Å². The molecule has 0 fully saturated rings. The number of aromatic nitrogens is 6. The minimum absolute atomic E-state index is 0.917. The number of benzene rings is 1. The highest BCUT2D eigenvalue weighted by Crippen LogP contribution is 2.25. The summed E-state index contributed by atoms with van der Waals surface area (Å²) in [5.41, 5.74) is 4.98. The molecule has 0 atom stereocenters. The van der Waals surface area contributed by atoms with Crippen molar-refractivity contribution in [3.8, 4) is 17.1 Å². The van der Waals surface area contributed by atoms with Crippen LogP contribution >= 0.6 is 0 Å². The van der Waals surface area contributed by atoms with Crippen molar-refractivity contribution < 1.29 is 0 Å². The van der Waals surface area contributed by atoms with E-state index in [0.29, 0.717) is 0 Å². The van der Waals surface area contributed by atoms with E-state index in [9.17, 15) is 0 Å². The van der Waals surface area contributed by atoms with Crippen molar-refractivity contribution in [2.45, 2.75) is 6.92 Å². The van der Waals surface area contributed by atoms with Crippen LogP contribution in [0.15, 0.2) is 49.4 Å². The highest BCUT2D eigenvalue weighted by molar-refractivity contribution is 5.86. The molecular weight excluding hydrogens is 276 g/mol. The van der Waals surface area contributed by atoms with Gasteiger partial charge in [0.25, 0.3) is 0 Å². The van der Waals surface area contributed by atoms with E-state index < -0.39 is 0 Å². The zero-order chi connectivity index (χ0) is 15.1. The molecular formula is C16H14N6. The van der Waals surface area contributed by atoms with E-state index in [-0.39, 0.29) is 0 Å². The summed E-state index contributed by atoms with van der Waals surface area (Å²) in [6, 6.07) is 8.21. The third-order valence-corrected chi connectivity index (χ3v) is 3.76. The maximum atomic E-state index is 4.79. The standard InChI is InChI=1S/C16H14N6/c1-11-5-15(16-7-17-9-21(16)2)20-14-6-12(3-4-13(11)14)22-10-18-8-19-22/h3-10H,1-2H3. The number of fused-ring (bicyclic) bond motifs is 1. The fraction of sp³-hybridized carbons (Fsp3) is 0.125. The fourth-order valence-corrected chi connectivity index (χ4v) is 2.61. The predicted molar refractivity (Wildman–Crippen MR) is 83.6 cm³/mol. The lowest BCUT2D eigenvalue weighted by Crippen LogP contribution is -1.97. The molecule has 0 aliphatic rings. The van der Waals surface area contributed by atoms with Crippen molar-refractivity contribution in [1.82, 2.24) is 29.3 Å². The largest absolute Gasteiger partial charge is 0.332 e. The van der Waals surface area contributed by atoms with Gasteiger partial charge >= 0.3 is 0 Å². The van der Waals surface area contributed by atoms with Gasteiger partial charge < -0.3 is 4.57 Å². The minimum Gasteiger partial charge on any atom is -0.332 e. The quantitative estimate of drug-likeness (QED) is 0.569. The van der Waals surface area contributed by atoms with Crippen LogP contribution in [0.4, 0.5) is 0 Å². The molecule has 0 aliphatic carbocycles. The Bertz CT molecular complexity index is 952. The Morgan fingerprint density at radius 2 is 1.95 bits per heavy atom. The van der Waals surface area contributed by atoms with Crippen LogP contribution in [0.5, 0.6) is 0 Å². The van der Waals surface area contributed by atoms with Crippen molar-refractivity contribution in [3.05, 3.63) is 55.0 Å². The number of pyridine rings is 1. The second-order valence-corrected chi connectivity index (χ2v) is 5.26. The molecule has 0 spiro atoms. The molecule has 0 unspecified atom stereocenters. The van der Waals surface area contributed by atoms with Crippen molar-refractivity contribution in [2.24, 2.45) is 7.05 Å². The van der Waals surface area contributed by atoms with Crippen molar-refractivity contribution in [1.29, 1.82) is 0 Å². The van der Waals surface area contributed by atoms with Crippen LogP contribution in [0.2, 0.25) is 0 Å². The minimum atomic E-state index is 0.917. The molecule has 3 heterocycles. The molecule has 0 bridgehead atoms. The van der Waals surface area contributed by atoms with Gasteiger partial charge in [-0.05, 0) is 30.7 Å². The summed E-state index contributed by atoms with van der Waals surface area (Å²) in [5, 5.41) is 5.30. The average molecular weight is 290 g/mol. The van der Waals surface area contributed by atoms with Crippen LogP contribution in [-0.2, 0) is 7.05 Å². The summed E-state index contributed by atoms with van der Waals surface area (Å²) in [5.74, 6) is 0. The smallest absolute Gasteiger partial charge is 0.138 e. The van der Waals surface area contributed by atoms with Gasteiger partial charge in [0.05, 0.1) is 35.1 Å². The molecule has 0 saturated heterocycles. The Morgan fingerprint density at radius 3 is 2.68 bits per heavy atom. The van der Waals surface area contributed by atoms with E-state index in [2.05, 4.69) is 34.1 Å². The number of nitrogens with zero attached hydrogens (tertiary/aromatic N) is 6. The molecule has 3 aromatic heterocycles. The van der Waals surface area contributed by atoms with Gasteiger partial charge in [-0.25, -0.2) is 19.6 Å². The SMILES string of the molecule is Cc1cc(-c2cncn2C)nc2cc(-n3cncn3)ccc12. The highest BCUT2D eigenvalue weighted by atomic mass is 15.3. The number of hydrogen-bond acceptors (Lipinski definition) is 4. The first-order valence-corrected chi connectivity index (χ1v) is 6.95. The molecule has 0 saturated carbocycles. The second-order valence-electron chi connectivity index (χ2n) is 5.26. The predicted octanol–water partition coefficient (Wildman–Crippen LogP) is 2.52. The molecule has 1 aromatic carbocycles. The summed E-state index contributed by atoms with van der Waals surface area (Å²) in [6.07, 6.45) is 6.81. The molecule has 22 heavy (non-hydrogen) atoms. The first-order valence-electron chi connectivity index (χ1n) is 6.95. The Hall–Kier alpha value is -3.02. The molecule has 0 aliphatic heterocycles. The Balaban J connectivity index is 1.93. The van der Waals surface area contributed by atoms with E-state index in [1.807, 2.05) is 29.9 Å². The van der Waals surface area contributed by atoms with E-state index in [0.717, 1.165) is 28.0 Å². The molecule has 0 amide bonds. The lowest BCUT2D eigenvalue weighted by Gasteiger charge is -2.09. The fourth-order valence-electron chi connectivity index (χ4n) is 2.61. The molecule has 6 nitrogen and oxygen atoms in total. The van der Waals surface area contributed by atoms with Crippen LogP contribution in [0.25, 0.3) is 28.0 Å². The number of hydrogen-bond donors (Lipinski definition) is 0. The van der Waals surface area contributed by atoms with Gasteiger partial charge in [-0.3, -0.25) is 0 Å². The van der Waals surface area contributed by atoms with Gasteiger partial charge in [-0.15, -0.1) is 0 Å². The van der Waals surface area contributed by atoms with Crippen LogP contribution in [0.3, 0.4) is 0 Å². The molecule has 0 N–H and O–H groups in total. The lowest BCUT2D eigenvalue weighted by atomic mass is 10.1. The number of aryl methyl sites for hydroxylation is 2. The Labute approximate surface area is 127 Å². The molecule has 108 valence electrons. The van der Waals surface area contributed by atoms with Crippen molar-refractivity contribution >= 4 is 10.9 Å². The maximum Gasteiger partial charge on any atom is 0.138 e. The zero-order valence-electron chi connectivity index (χ0n) is 12.3. The summed E-state index contributed by atoms with van der Waals surface area (Å²) >= 11 is 0. The second kappa shape index (κ2) is 4.77. The Morgan fingerprint density at radius 1 is 1.05 bits per heavy atom. The van der Waals surface area contributed by atoms with Gasteiger partial charge in [0.1, 0.15) is 12.7 Å². The van der Waals surface area contributed by atoms with Gasteiger partial charge in [-0.1, -0.05) is 6.07 Å². The van der Waals surface area contributed by atoms with E-state index in [4.69, 9.17) is 4.98 Å². The van der Waals surface area contributed by atoms with E-state index in [1.165, 1.54) is 11.9 Å². The summed E-state index contributed by atoms with van der Waals surface area (Å²) in [7, 11) is 1.97. The molecule has 4 rings (SSSR count). The van der Waals surface area contributed by atoms with Gasteiger partial charge in [0.2, 0.25) is 0 Å². The van der Waals surface area contributed by atoms with E-state index >= 15 is 0 Å². The molecule has 4 aromatic rings. The zero-order valence-corrected chi connectivity index (χ0v) is 12.3. The summed E-state index contributed by atoms with van der Waals surface area (Å²) in [6.45, 7) is 2.10. The Kier molecular flexibility index (Phi) is 2.75. The maximum absolute atomic E-state index is 4.79. The van der Waals surface area contributed by atoms with E-state index in [1.54, 1.807) is 17.3 Å². The van der Waals surface area contributed by atoms with Crippen LogP contribution in [0, 0.1) is 6.92 Å². The van der Waals surface area contributed by atoms with Crippen molar-refractivity contribution in [3.63, 3.8) is 0 Å². The number of rotatable bonds is 2. The summed E-state index contributed by atoms with van der Waals surface area (Å²) in [4.78, 5) is 12.9. The topological polar surface area (TPSA) is 61.4 Å². The first-order chi connectivity index (χ1) is 10.7. The van der Waals surface area contributed by atoms with Gasteiger partial charge in [0.15, 0.2) is 0 Å². The van der Waals surface area contributed by atoms with Gasteiger partial charge in [-0.2, -0.15) is 5.10 Å². The lowest BCUT2D eigenvalue weighted by molar-refractivity contribution is 0.880. The molecule has 6 heteroatoms. The number of imidazole rings is 1. The highest BCUT2D eigenvalue weighted by Gasteiger charge is 2.09. The van der Waals surface area contributed by atoms with Crippen LogP contribution < -0.4 is 0 Å². The van der Waals surface area contributed by atoms with Crippen LogP contribution in [-0.4, -0.2) is 29.3 Å². The molecule has 0 radical (unpaired) electrons.